The predicted octanol–water partition coefficient (Wildman–Crippen LogP) is 2.96. The lowest BCUT2D eigenvalue weighted by Crippen LogP contribution is -2.42. The molecule has 37 heavy (non-hydrogen) atoms. The zero-order chi connectivity index (χ0) is 27.2. The highest BCUT2D eigenvalue weighted by atomic mass is 32.5. The summed E-state index contributed by atoms with van der Waals surface area (Å²) < 4.78 is 24.9. The number of nitrogens with zero attached hydrogens (tertiary/aromatic N) is 1. The Bertz CT molecular complexity index is 1270. The molecule has 1 saturated heterocycles. The Morgan fingerprint density at radius 2 is 1.97 bits per heavy atom. The lowest BCUT2D eigenvalue weighted by Gasteiger charge is -2.30. The summed E-state index contributed by atoms with van der Waals surface area (Å²) in [5.41, 5.74) is -1.14. The molecule has 1 aliphatic rings. The molecule has 0 radical (unpaired) electrons. The largest absolute Gasteiger partial charge is 0.462 e. The SMILES string of the molecule is C#CC1CC(COP(=S)(NC(C(=O)OC(C)C)C(C)C)Oc2ccccc2)OC1n1ccc(=O)[nH]c1=O. The van der Waals surface area contributed by atoms with Crippen molar-refractivity contribution >= 4 is 24.4 Å². The van der Waals surface area contributed by atoms with E-state index in [1.54, 1.807) is 38.1 Å². The van der Waals surface area contributed by atoms with E-state index in [0.29, 0.717) is 12.2 Å². The van der Waals surface area contributed by atoms with Crippen molar-refractivity contribution in [3.63, 3.8) is 0 Å². The Hall–Kier alpha value is -2.74. The zero-order valence-electron chi connectivity index (χ0n) is 21.2. The van der Waals surface area contributed by atoms with Crippen LogP contribution in [-0.4, -0.2) is 40.4 Å². The number of terminal acetylenes is 1. The summed E-state index contributed by atoms with van der Waals surface area (Å²) in [6, 6.07) is 9.36. The van der Waals surface area contributed by atoms with Gasteiger partial charge in [0.05, 0.1) is 24.7 Å². The van der Waals surface area contributed by atoms with Crippen molar-refractivity contribution in [2.24, 2.45) is 11.8 Å². The number of rotatable bonds is 11. The van der Waals surface area contributed by atoms with Crippen molar-refractivity contribution in [1.29, 1.82) is 0 Å². The van der Waals surface area contributed by atoms with Gasteiger partial charge in [-0.25, -0.2) is 9.88 Å². The van der Waals surface area contributed by atoms with E-state index in [1.807, 2.05) is 19.9 Å². The number of ether oxygens (including phenoxy) is 2. The molecular formula is C25H32N3O7PS. The molecule has 0 spiro atoms. The smallest absolute Gasteiger partial charge is 0.330 e. The summed E-state index contributed by atoms with van der Waals surface area (Å²) in [6.45, 7) is 3.96. The van der Waals surface area contributed by atoms with Crippen molar-refractivity contribution in [1.82, 2.24) is 14.6 Å². The molecule has 1 aromatic carbocycles. The molecule has 12 heteroatoms. The molecule has 3 rings (SSSR count). The minimum atomic E-state index is -3.30. The first-order valence-electron chi connectivity index (χ1n) is 11.9. The van der Waals surface area contributed by atoms with Crippen molar-refractivity contribution in [3.8, 4) is 18.1 Å². The van der Waals surface area contributed by atoms with E-state index in [0.717, 1.165) is 0 Å². The van der Waals surface area contributed by atoms with Crippen molar-refractivity contribution in [2.75, 3.05) is 6.61 Å². The molecule has 0 bridgehead atoms. The van der Waals surface area contributed by atoms with E-state index in [1.165, 1.54) is 16.8 Å². The third kappa shape index (κ3) is 7.87. The van der Waals surface area contributed by atoms with Gasteiger partial charge < -0.3 is 18.5 Å². The van der Waals surface area contributed by atoms with Crippen LogP contribution in [0.25, 0.3) is 0 Å². The van der Waals surface area contributed by atoms with Gasteiger partial charge in [-0.3, -0.25) is 19.1 Å². The second-order valence-corrected chi connectivity index (χ2v) is 12.3. The van der Waals surface area contributed by atoms with E-state index in [9.17, 15) is 14.4 Å². The summed E-state index contributed by atoms with van der Waals surface area (Å²) in [5.74, 6) is 2.06. The van der Waals surface area contributed by atoms with Gasteiger partial charge in [-0.1, -0.05) is 38.0 Å². The highest BCUT2D eigenvalue weighted by Crippen LogP contribution is 2.47. The van der Waals surface area contributed by atoms with Crippen LogP contribution in [0.4, 0.5) is 0 Å². The first kappa shape index (κ1) is 28.8. The minimum Gasteiger partial charge on any atom is -0.462 e. The topological polar surface area (TPSA) is 121 Å². The van der Waals surface area contributed by atoms with Gasteiger partial charge in [-0.05, 0) is 50.1 Å². The molecule has 200 valence electrons. The number of carbonyl (C=O) groups excluding carboxylic acids is 1. The summed E-state index contributed by atoms with van der Waals surface area (Å²) in [4.78, 5) is 38.7. The van der Waals surface area contributed by atoms with Crippen molar-refractivity contribution in [2.45, 2.75) is 58.6 Å². The fraction of sp³-hybridized carbons (Fsp3) is 0.480. The van der Waals surface area contributed by atoms with E-state index in [-0.39, 0.29) is 18.6 Å². The molecule has 2 heterocycles. The third-order valence-electron chi connectivity index (χ3n) is 5.50. The molecule has 5 unspecified atom stereocenters. The molecule has 1 fully saturated rings. The Kier molecular flexibility index (Phi) is 9.87. The maximum absolute atomic E-state index is 12.8. The van der Waals surface area contributed by atoms with Gasteiger partial charge in [0.2, 0.25) is 0 Å². The number of esters is 1. The summed E-state index contributed by atoms with van der Waals surface area (Å²) >= 11 is 5.82. The van der Waals surface area contributed by atoms with E-state index in [2.05, 4.69) is 16.0 Å². The van der Waals surface area contributed by atoms with Crippen LogP contribution in [-0.2, 0) is 30.6 Å². The molecule has 10 nitrogen and oxygen atoms in total. The highest BCUT2D eigenvalue weighted by molar-refractivity contribution is 8.09. The molecule has 2 aromatic rings. The van der Waals surface area contributed by atoms with Gasteiger partial charge in [-0.2, -0.15) is 0 Å². The minimum absolute atomic E-state index is 0.00601. The van der Waals surface area contributed by atoms with Crippen LogP contribution in [0.15, 0.2) is 52.2 Å². The molecule has 0 amide bonds. The lowest BCUT2D eigenvalue weighted by molar-refractivity contribution is -0.150. The van der Waals surface area contributed by atoms with Crippen LogP contribution in [0, 0.1) is 24.2 Å². The van der Waals surface area contributed by atoms with Gasteiger partial charge in [0.25, 0.3) is 5.56 Å². The number of nitrogens with one attached hydrogen (secondary N) is 2. The number of hydrogen-bond acceptors (Lipinski definition) is 8. The van der Waals surface area contributed by atoms with Gasteiger partial charge >= 0.3 is 18.3 Å². The third-order valence-corrected chi connectivity index (χ3v) is 7.89. The standard InChI is InChI=1S/C25H32N3O7PS/c1-6-18-14-20(34-23(18)28-13-12-21(29)26-25(28)31)15-32-36(37,35-19-10-8-7-9-11-19)27-22(16(2)3)24(30)33-17(4)5/h1,7-13,16-18,20,22-23H,14-15H2,2-5H3,(H,27,37)(H,26,29,31). The average molecular weight is 550 g/mol. The second-order valence-electron chi connectivity index (χ2n) is 9.21. The summed E-state index contributed by atoms with van der Waals surface area (Å²) in [7, 11) is 0. The molecule has 0 aliphatic carbocycles. The monoisotopic (exact) mass is 549 g/mol. The quantitative estimate of drug-likeness (QED) is 0.248. The number of hydrogen-bond donors (Lipinski definition) is 2. The van der Waals surface area contributed by atoms with E-state index in [4.69, 9.17) is 36.8 Å². The van der Waals surface area contributed by atoms with Crippen LogP contribution < -0.4 is 20.9 Å². The van der Waals surface area contributed by atoms with Gasteiger partial charge in [0.1, 0.15) is 11.8 Å². The molecule has 0 saturated carbocycles. The maximum Gasteiger partial charge on any atom is 0.330 e. The van der Waals surface area contributed by atoms with E-state index >= 15 is 0 Å². The van der Waals surface area contributed by atoms with Crippen LogP contribution in [0.5, 0.6) is 5.75 Å². The normalized spacial score (nSPS) is 21.8. The van der Waals surface area contributed by atoms with Gasteiger partial charge in [0, 0.05) is 12.3 Å². The first-order valence-corrected chi connectivity index (χ1v) is 14.6. The highest BCUT2D eigenvalue weighted by Gasteiger charge is 2.39. The average Bonchev–Trinajstić information content (AvgIpc) is 3.24. The number of carbonyl (C=O) groups is 1. The van der Waals surface area contributed by atoms with Gasteiger partial charge in [0.15, 0.2) is 6.23 Å². The van der Waals surface area contributed by atoms with E-state index < -0.39 is 48.2 Å². The first-order chi connectivity index (χ1) is 17.5. The Balaban J connectivity index is 1.80. The zero-order valence-corrected chi connectivity index (χ0v) is 22.9. The molecular weight excluding hydrogens is 517 g/mol. The Morgan fingerprint density at radius 3 is 2.57 bits per heavy atom. The molecule has 2 N–H and O–H groups in total. The fourth-order valence-corrected chi connectivity index (χ4v) is 6.20. The van der Waals surface area contributed by atoms with Crippen molar-refractivity contribution < 1.29 is 23.3 Å². The van der Waals surface area contributed by atoms with Crippen LogP contribution >= 0.6 is 6.64 Å². The molecule has 5 atom stereocenters. The van der Waals surface area contributed by atoms with Crippen LogP contribution in [0.3, 0.4) is 0 Å². The lowest BCUT2D eigenvalue weighted by atomic mass is 10.0. The number of aromatic nitrogens is 2. The van der Waals surface area contributed by atoms with Crippen LogP contribution in [0.2, 0.25) is 0 Å². The maximum atomic E-state index is 12.8. The summed E-state index contributed by atoms with van der Waals surface area (Å²) in [6.07, 6.45) is 5.83. The molecule has 1 aliphatic heterocycles. The molecule has 1 aromatic heterocycles. The van der Waals surface area contributed by atoms with Gasteiger partial charge in [-0.15, -0.1) is 6.42 Å². The number of aromatic amines is 1. The Labute approximate surface area is 220 Å². The second kappa shape index (κ2) is 12.7. The number of para-hydroxylation sites is 1. The fourth-order valence-electron chi connectivity index (χ4n) is 3.73. The Morgan fingerprint density at radius 1 is 1.27 bits per heavy atom. The predicted molar refractivity (Wildman–Crippen MR) is 142 cm³/mol. The number of benzene rings is 1. The summed E-state index contributed by atoms with van der Waals surface area (Å²) in [5, 5.41) is 3.11. The van der Waals surface area contributed by atoms with Crippen molar-refractivity contribution in [3.05, 3.63) is 63.4 Å². The van der Waals surface area contributed by atoms with Crippen LogP contribution in [0.1, 0.15) is 40.3 Å². The number of H-pyrrole nitrogens is 1.